The lowest BCUT2D eigenvalue weighted by atomic mass is 9.88. The van der Waals surface area contributed by atoms with Gasteiger partial charge in [0.15, 0.2) is 5.82 Å². The molecular weight excluding hydrogens is 266 g/mol. The Kier molecular flexibility index (Phi) is 3.27. The van der Waals surface area contributed by atoms with E-state index in [0.717, 1.165) is 29.3 Å². The second-order valence-electron chi connectivity index (χ2n) is 5.84. The van der Waals surface area contributed by atoms with Crippen molar-refractivity contribution in [1.82, 2.24) is 10.2 Å². The Morgan fingerprint density at radius 1 is 1.24 bits per heavy atom. The summed E-state index contributed by atoms with van der Waals surface area (Å²) in [5.74, 6) is -0.116. The van der Waals surface area contributed by atoms with E-state index >= 15 is 0 Å². The zero-order valence-electron chi connectivity index (χ0n) is 12.3. The van der Waals surface area contributed by atoms with Gasteiger partial charge in [-0.1, -0.05) is 24.3 Å². The van der Waals surface area contributed by atoms with Gasteiger partial charge in [0, 0.05) is 17.3 Å². The molecule has 1 unspecified atom stereocenters. The second-order valence-corrected chi connectivity index (χ2v) is 5.84. The summed E-state index contributed by atoms with van der Waals surface area (Å²) in [6.07, 6.45) is 2.54. The quantitative estimate of drug-likeness (QED) is 0.919. The first-order valence-electron chi connectivity index (χ1n) is 7.27. The van der Waals surface area contributed by atoms with Crippen molar-refractivity contribution < 1.29 is 9.90 Å². The van der Waals surface area contributed by atoms with Crippen LogP contribution in [0.15, 0.2) is 24.3 Å². The molecule has 0 radical (unpaired) electrons. The maximum Gasteiger partial charge on any atom is 0.329 e. The zero-order chi connectivity index (χ0) is 15.0. The van der Waals surface area contributed by atoms with Gasteiger partial charge in [-0.2, -0.15) is 5.10 Å². The molecule has 21 heavy (non-hydrogen) atoms. The molecular formula is C16H19N3O2. The van der Waals surface area contributed by atoms with Crippen molar-refractivity contribution in [2.75, 3.05) is 11.4 Å². The monoisotopic (exact) mass is 285 g/mol. The van der Waals surface area contributed by atoms with E-state index in [1.165, 1.54) is 0 Å². The summed E-state index contributed by atoms with van der Waals surface area (Å²) in [5, 5.41) is 20.2. The van der Waals surface area contributed by atoms with Crippen LogP contribution in [0.1, 0.15) is 31.9 Å². The molecule has 1 aromatic heterocycles. The lowest BCUT2D eigenvalue weighted by molar-refractivity contribution is -0.143. The fourth-order valence-corrected chi connectivity index (χ4v) is 3.11. The van der Waals surface area contributed by atoms with Crippen LogP contribution in [0.3, 0.4) is 0 Å². The predicted molar refractivity (Wildman–Crippen MR) is 81.5 cm³/mol. The zero-order valence-corrected chi connectivity index (χ0v) is 12.3. The van der Waals surface area contributed by atoms with Crippen molar-refractivity contribution in [3.05, 3.63) is 30.0 Å². The number of benzene rings is 1. The molecule has 5 heteroatoms. The molecule has 3 rings (SSSR count). The number of aromatic nitrogens is 2. The molecule has 0 bridgehead atoms. The topological polar surface area (TPSA) is 66.3 Å². The molecule has 2 heterocycles. The van der Waals surface area contributed by atoms with Crippen molar-refractivity contribution in [1.29, 1.82) is 0 Å². The van der Waals surface area contributed by atoms with Gasteiger partial charge in [-0.3, -0.25) is 0 Å². The smallest absolute Gasteiger partial charge is 0.329 e. The van der Waals surface area contributed by atoms with E-state index in [4.69, 9.17) is 0 Å². The number of fused-ring (bicyclic) bond motifs is 1. The normalized spacial score (nSPS) is 22.5. The Bertz CT molecular complexity index is 701. The lowest BCUT2D eigenvalue weighted by Gasteiger charge is -2.42. The number of hydrogen-bond acceptors (Lipinski definition) is 4. The number of aryl methyl sites for hydroxylation is 1. The first-order chi connectivity index (χ1) is 10.0. The van der Waals surface area contributed by atoms with Crippen LogP contribution in [-0.2, 0) is 4.79 Å². The summed E-state index contributed by atoms with van der Waals surface area (Å²) >= 11 is 0. The van der Waals surface area contributed by atoms with Crippen LogP contribution >= 0.6 is 0 Å². The number of carboxylic acid groups (broad SMARTS) is 1. The minimum Gasteiger partial charge on any atom is -0.480 e. The third kappa shape index (κ3) is 2.13. The fourth-order valence-electron chi connectivity index (χ4n) is 3.11. The fraction of sp³-hybridized carbons (Fsp3) is 0.438. The number of carbonyl (C=O) groups is 1. The SMILES string of the molecule is Cc1nnc(N2CCCCC2(C)C(=O)O)c2ccccc12. The van der Waals surface area contributed by atoms with Gasteiger partial charge in [-0.25, -0.2) is 4.79 Å². The van der Waals surface area contributed by atoms with E-state index in [-0.39, 0.29) is 0 Å². The molecule has 1 saturated heterocycles. The number of rotatable bonds is 2. The van der Waals surface area contributed by atoms with E-state index < -0.39 is 11.5 Å². The van der Waals surface area contributed by atoms with Crippen LogP contribution in [0, 0.1) is 6.92 Å². The van der Waals surface area contributed by atoms with E-state index in [9.17, 15) is 9.90 Å². The lowest BCUT2D eigenvalue weighted by Crippen LogP contribution is -2.55. The maximum absolute atomic E-state index is 11.8. The Labute approximate surface area is 123 Å². The molecule has 0 amide bonds. The van der Waals surface area contributed by atoms with Gasteiger partial charge in [0.1, 0.15) is 5.54 Å². The van der Waals surface area contributed by atoms with Crippen molar-refractivity contribution >= 4 is 22.6 Å². The van der Waals surface area contributed by atoms with Gasteiger partial charge in [-0.15, -0.1) is 5.10 Å². The highest BCUT2D eigenvalue weighted by molar-refractivity contribution is 5.95. The molecule has 5 nitrogen and oxygen atoms in total. The van der Waals surface area contributed by atoms with E-state index in [0.29, 0.717) is 18.8 Å². The summed E-state index contributed by atoms with van der Waals surface area (Å²) in [5.41, 5.74) is -0.0475. The standard InChI is InChI=1S/C16H19N3O2/c1-11-12-7-3-4-8-13(12)14(18-17-11)19-10-6-5-9-16(19,2)15(20)21/h3-4,7-8H,5-6,9-10H2,1-2H3,(H,20,21). The van der Waals surface area contributed by atoms with Crippen LogP contribution in [0.4, 0.5) is 5.82 Å². The molecule has 1 aliphatic rings. The van der Waals surface area contributed by atoms with Crippen LogP contribution < -0.4 is 4.90 Å². The highest BCUT2D eigenvalue weighted by atomic mass is 16.4. The van der Waals surface area contributed by atoms with Gasteiger partial charge >= 0.3 is 5.97 Å². The number of hydrogen-bond donors (Lipinski definition) is 1. The van der Waals surface area contributed by atoms with E-state index in [1.54, 1.807) is 6.92 Å². The number of carboxylic acids is 1. The molecule has 0 saturated carbocycles. The molecule has 1 atom stereocenters. The van der Waals surface area contributed by atoms with Crippen LogP contribution in [0.25, 0.3) is 10.8 Å². The number of aliphatic carboxylic acids is 1. The molecule has 2 aromatic rings. The highest BCUT2D eigenvalue weighted by Crippen LogP contribution is 2.35. The summed E-state index contributed by atoms with van der Waals surface area (Å²) in [4.78, 5) is 13.7. The Balaban J connectivity index is 2.19. The van der Waals surface area contributed by atoms with Crippen LogP contribution in [0.5, 0.6) is 0 Å². The molecule has 0 spiro atoms. The second kappa shape index (κ2) is 4.98. The molecule has 1 aromatic carbocycles. The number of nitrogens with zero attached hydrogens (tertiary/aromatic N) is 3. The average Bonchev–Trinajstić information content (AvgIpc) is 2.49. The van der Waals surface area contributed by atoms with Crippen molar-refractivity contribution in [2.24, 2.45) is 0 Å². The highest BCUT2D eigenvalue weighted by Gasteiger charge is 2.42. The Morgan fingerprint density at radius 2 is 1.95 bits per heavy atom. The van der Waals surface area contributed by atoms with E-state index in [2.05, 4.69) is 10.2 Å². The van der Waals surface area contributed by atoms with E-state index in [1.807, 2.05) is 36.1 Å². The van der Waals surface area contributed by atoms with Crippen LogP contribution in [0.2, 0.25) is 0 Å². The van der Waals surface area contributed by atoms with Gasteiger partial charge in [-0.05, 0) is 33.1 Å². The molecule has 1 fully saturated rings. The number of piperidine rings is 1. The largest absolute Gasteiger partial charge is 0.480 e. The predicted octanol–water partition coefficient (Wildman–Crippen LogP) is 2.77. The van der Waals surface area contributed by atoms with Gasteiger partial charge in [0.2, 0.25) is 0 Å². The Hall–Kier alpha value is -2.17. The molecule has 1 aliphatic heterocycles. The number of anilines is 1. The molecule has 110 valence electrons. The minimum absolute atomic E-state index is 0.631. The summed E-state index contributed by atoms with van der Waals surface area (Å²) in [6.45, 7) is 4.40. The summed E-state index contributed by atoms with van der Waals surface area (Å²) in [7, 11) is 0. The first-order valence-corrected chi connectivity index (χ1v) is 7.27. The third-order valence-corrected chi connectivity index (χ3v) is 4.46. The van der Waals surface area contributed by atoms with Crippen molar-refractivity contribution in [3.63, 3.8) is 0 Å². The van der Waals surface area contributed by atoms with Gasteiger partial charge in [0.25, 0.3) is 0 Å². The third-order valence-electron chi connectivity index (χ3n) is 4.46. The molecule has 0 aliphatic carbocycles. The Morgan fingerprint density at radius 3 is 2.67 bits per heavy atom. The van der Waals surface area contributed by atoms with Crippen LogP contribution in [-0.4, -0.2) is 33.4 Å². The maximum atomic E-state index is 11.8. The van der Waals surface area contributed by atoms with Crippen molar-refractivity contribution in [3.8, 4) is 0 Å². The summed E-state index contributed by atoms with van der Waals surface area (Å²) in [6, 6.07) is 7.91. The average molecular weight is 285 g/mol. The van der Waals surface area contributed by atoms with Gasteiger partial charge in [0.05, 0.1) is 5.69 Å². The van der Waals surface area contributed by atoms with Gasteiger partial charge < -0.3 is 10.0 Å². The minimum atomic E-state index is -0.912. The summed E-state index contributed by atoms with van der Waals surface area (Å²) < 4.78 is 0. The van der Waals surface area contributed by atoms with Crippen molar-refractivity contribution in [2.45, 2.75) is 38.6 Å². The molecule has 1 N–H and O–H groups in total. The first kappa shape index (κ1) is 13.8.